The minimum atomic E-state index is -4.76. The lowest BCUT2D eigenvalue weighted by molar-refractivity contribution is -0.137. The van der Waals surface area contributed by atoms with Crippen LogP contribution in [-0.4, -0.2) is 30.9 Å². The summed E-state index contributed by atoms with van der Waals surface area (Å²) in [5, 5.41) is 3.34. The zero-order valence-corrected chi connectivity index (χ0v) is 18.3. The molecule has 0 saturated carbocycles. The molecule has 0 aliphatic carbocycles. The molecule has 11 heteroatoms. The van der Waals surface area contributed by atoms with E-state index in [2.05, 4.69) is 5.16 Å². The molecule has 1 atom stereocenters. The van der Waals surface area contributed by atoms with Gasteiger partial charge in [0.25, 0.3) is 5.91 Å². The average molecular weight is 475 g/mol. The summed E-state index contributed by atoms with van der Waals surface area (Å²) in [4.78, 5) is 19.3. The van der Waals surface area contributed by atoms with Crippen LogP contribution < -0.4 is 14.4 Å². The van der Waals surface area contributed by atoms with Crippen molar-refractivity contribution < 1.29 is 36.7 Å². The highest BCUT2D eigenvalue weighted by Crippen LogP contribution is 2.43. The monoisotopic (exact) mass is 474 g/mol. The number of ether oxygens (including phenoxy) is 2. The van der Waals surface area contributed by atoms with Crippen molar-refractivity contribution in [3.05, 3.63) is 46.7 Å². The number of likely N-dealkylation sites (N-methyl/N-ethyl adjacent to an activating group) is 1. The lowest BCUT2D eigenvalue weighted by Crippen LogP contribution is -2.57. The topological polar surface area (TPSA) is 60.4 Å². The smallest absolute Gasteiger partial charge is 0.416 e. The van der Waals surface area contributed by atoms with Gasteiger partial charge in [-0.05, 0) is 45.0 Å². The van der Waals surface area contributed by atoms with Crippen LogP contribution in [0.15, 0.2) is 35.5 Å². The van der Waals surface area contributed by atoms with E-state index < -0.39 is 39.8 Å². The number of rotatable bonds is 5. The van der Waals surface area contributed by atoms with E-state index in [1.807, 2.05) is 0 Å². The minimum Gasteiger partial charge on any atom is -0.469 e. The molecule has 0 aromatic heterocycles. The van der Waals surface area contributed by atoms with Crippen LogP contribution in [0.1, 0.15) is 26.3 Å². The summed E-state index contributed by atoms with van der Waals surface area (Å²) in [7, 11) is 1.54. The van der Waals surface area contributed by atoms with Gasteiger partial charge in [0.05, 0.1) is 16.3 Å². The molecule has 1 aliphatic rings. The van der Waals surface area contributed by atoms with Gasteiger partial charge in [0.2, 0.25) is 5.60 Å². The Kier molecular flexibility index (Phi) is 6.28. The van der Waals surface area contributed by atoms with Gasteiger partial charge in [0.1, 0.15) is 23.8 Å². The number of anilines is 1. The number of nitrogens with zero attached hydrogens (tertiary/aromatic N) is 2. The maximum absolute atomic E-state index is 14.3. The van der Waals surface area contributed by atoms with E-state index in [1.54, 1.807) is 20.9 Å². The largest absolute Gasteiger partial charge is 0.469 e. The number of carbonyl (C=O) groups excluding carboxylic acids is 1. The van der Waals surface area contributed by atoms with Crippen molar-refractivity contribution in [1.29, 1.82) is 0 Å². The Morgan fingerprint density at radius 1 is 1.28 bits per heavy atom. The van der Waals surface area contributed by atoms with Crippen LogP contribution in [0.5, 0.6) is 17.2 Å². The number of benzene rings is 2. The number of oxime groups is 1. The molecule has 0 radical (unpaired) electrons. The molecule has 0 bridgehead atoms. The van der Waals surface area contributed by atoms with Crippen LogP contribution in [0.2, 0.25) is 5.02 Å². The van der Waals surface area contributed by atoms with E-state index in [-0.39, 0.29) is 17.2 Å². The van der Waals surface area contributed by atoms with Gasteiger partial charge < -0.3 is 19.2 Å². The summed E-state index contributed by atoms with van der Waals surface area (Å²) in [5.74, 6) is -2.00. The third-order valence-corrected chi connectivity index (χ3v) is 5.17. The number of carbonyl (C=O) groups is 1. The summed E-state index contributed by atoms with van der Waals surface area (Å²) >= 11 is 5.83. The predicted molar refractivity (Wildman–Crippen MR) is 110 cm³/mol. The maximum Gasteiger partial charge on any atom is 0.416 e. The van der Waals surface area contributed by atoms with Crippen LogP contribution >= 0.6 is 11.6 Å². The van der Waals surface area contributed by atoms with Gasteiger partial charge in [0, 0.05) is 13.1 Å². The Bertz CT molecular complexity index is 1070. The zero-order chi connectivity index (χ0) is 23.8. The summed E-state index contributed by atoms with van der Waals surface area (Å²) in [5.41, 5.74) is -2.04. The molecule has 3 rings (SSSR count). The van der Waals surface area contributed by atoms with Crippen LogP contribution in [0, 0.1) is 5.82 Å². The van der Waals surface area contributed by atoms with Gasteiger partial charge in [0.15, 0.2) is 11.6 Å². The van der Waals surface area contributed by atoms with E-state index in [0.717, 1.165) is 0 Å². The van der Waals surface area contributed by atoms with Gasteiger partial charge in [-0.15, -0.1) is 0 Å². The first-order valence-corrected chi connectivity index (χ1v) is 9.78. The molecular formula is C21H19ClF4N2O4. The Morgan fingerprint density at radius 2 is 1.97 bits per heavy atom. The summed E-state index contributed by atoms with van der Waals surface area (Å²) < 4.78 is 64.2. The fraction of sp³-hybridized carbons (Fsp3) is 0.333. The number of hydrogen-bond acceptors (Lipinski definition) is 5. The third kappa shape index (κ3) is 4.32. The second-order valence-corrected chi connectivity index (χ2v) is 7.50. The summed E-state index contributed by atoms with van der Waals surface area (Å²) in [6.07, 6.45) is -4.76. The SMILES string of the molecule is CCO/N=C(/C)C1(C)Oc2cc(Oc3c(F)cc(C(F)(F)F)cc3Cl)ccc2N(C)C1=O. The van der Waals surface area contributed by atoms with Crippen LogP contribution in [-0.2, 0) is 15.8 Å². The van der Waals surface area contributed by atoms with E-state index in [4.69, 9.17) is 25.9 Å². The molecule has 2 aromatic carbocycles. The first-order valence-electron chi connectivity index (χ1n) is 9.40. The Labute approximate surface area is 186 Å². The van der Waals surface area contributed by atoms with E-state index in [0.29, 0.717) is 24.4 Å². The number of fused-ring (bicyclic) bond motifs is 1. The summed E-state index contributed by atoms with van der Waals surface area (Å²) in [6.45, 7) is 5.13. The average Bonchev–Trinajstić information content (AvgIpc) is 2.72. The number of hydrogen-bond donors (Lipinski definition) is 0. The lowest BCUT2D eigenvalue weighted by Gasteiger charge is -2.38. The van der Waals surface area contributed by atoms with Crippen molar-refractivity contribution in [2.45, 2.75) is 32.5 Å². The maximum atomic E-state index is 14.3. The standard InChI is InChI=1S/C21H19ClF4N2O4/c1-5-30-27-11(2)20(3)19(29)28(4)16-7-6-13(10-17(16)32-20)31-18-14(22)8-12(9-15(18)23)21(24,25)26/h6-10H,5H2,1-4H3/b27-11-. The van der Waals surface area contributed by atoms with E-state index in [1.165, 1.54) is 30.0 Å². The number of halogens is 5. The Morgan fingerprint density at radius 3 is 2.56 bits per heavy atom. The zero-order valence-electron chi connectivity index (χ0n) is 17.5. The molecule has 32 heavy (non-hydrogen) atoms. The van der Waals surface area contributed by atoms with Crippen molar-refractivity contribution in [3.63, 3.8) is 0 Å². The first-order chi connectivity index (χ1) is 14.9. The van der Waals surface area contributed by atoms with Gasteiger partial charge in [-0.2, -0.15) is 13.2 Å². The lowest BCUT2D eigenvalue weighted by atomic mass is 9.96. The van der Waals surface area contributed by atoms with Crippen molar-refractivity contribution >= 4 is 28.9 Å². The highest BCUT2D eigenvalue weighted by atomic mass is 35.5. The molecule has 172 valence electrons. The van der Waals surface area contributed by atoms with Crippen molar-refractivity contribution in [2.24, 2.45) is 5.16 Å². The van der Waals surface area contributed by atoms with Crippen molar-refractivity contribution in [2.75, 3.05) is 18.6 Å². The fourth-order valence-corrected chi connectivity index (χ4v) is 3.27. The van der Waals surface area contributed by atoms with Crippen LogP contribution in [0.3, 0.4) is 0 Å². The van der Waals surface area contributed by atoms with Gasteiger partial charge >= 0.3 is 6.18 Å². The number of amides is 1. The Hall–Kier alpha value is -3.01. The predicted octanol–water partition coefficient (Wildman–Crippen LogP) is 5.82. The second-order valence-electron chi connectivity index (χ2n) is 7.09. The quantitative estimate of drug-likeness (QED) is 0.311. The molecule has 0 fully saturated rings. The summed E-state index contributed by atoms with van der Waals surface area (Å²) in [6, 6.07) is 5.15. The molecule has 0 saturated heterocycles. The normalized spacial score (nSPS) is 18.8. The van der Waals surface area contributed by atoms with Gasteiger partial charge in [-0.3, -0.25) is 4.79 Å². The molecule has 1 amide bonds. The molecule has 0 spiro atoms. The van der Waals surface area contributed by atoms with Gasteiger partial charge in [-0.1, -0.05) is 16.8 Å². The van der Waals surface area contributed by atoms with Crippen LogP contribution in [0.25, 0.3) is 0 Å². The Balaban J connectivity index is 1.96. The highest BCUT2D eigenvalue weighted by molar-refractivity contribution is 6.32. The van der Waals surface area contributed by atoms with Gasteiger partial charge in [-0.25, -0.2) is 4.39 Å². The fourth-order valence-electron chi connectivity index (χ4n) is 3.03. The molecule has 1 unspecified atom stereocenters. The van der Waals surface area contributed by atoms with E-state index >= 15 is 0 Å². The third-order valence-electron chi connectivity index (χ3n) is 4.89. The van der Waals surface area contributed by atoms with E-state index in [9.17, 15) is 22.4 Å². The molecule has 1 aliphatic heterocycles. The molecule has 6 nitrogen and oxygen atoms in total. The molecule has 1 heterocycles. The van der Waals surface area contributed by atoms with Crippen LogP contribution in [0.4, 0.5) is 23.2 Å². The molecular weight excluding hydrogens is 456 g/mol. The molecule has 2 aromatic rings. The van der Waals surface area contributed by atoms with Crippen molar-refractivity contribution in [1.82, 2.24) is 0 Å². The number of alkyl halides is 3. The molecule has 0 N–H and O–H groups in total. The minimum absolute atomic E-state index is 0.0359. The second kappa shape index (κ2) is 8.50. The highest BCUT2D eigenvalue weighted by Gasteiger charge is 2.46. The van der Waals surface area contributed by atoms with Crippen molar-refractivity contribution in [3.8, 4) is 17.2 Å². The first kappa shape index (κ1) is 23.6.